The van der Waals surface area contributed by atoms with Gasteiger partial charge in [-0.2, -0.15) is 0 Å². The van der Waals surface area contributed by atoms with Crippen molar-refractivity contribution in [2.24, 2.45) is 0 Å². The molecule has 0 bridgehead atoms. The maximum absolute atomic E-state index is 13.8. The molecule has 0 saturated heterocycles. The average Bonchev–Trinajstić information content (AvgIpc) is 3.12. The Morgan fingerprint density at radius 3 is 2.79 bits per heavy atom. The van der Waals surface area contributed by atoms with E-state index in [2.05, 4.69) is 15.6 Å². The van der Waals surface area contributed by atoms with Gasteiger partial charge in [-0.1, -0.05) is 0 Å². The predicted octanol–water partition coefficient (Wildman–Crippen LogP) is 3.37. The molecule has 2 N–H and O–H groups in total. The summed E-state index contributed by atoms with van der Waals surface area (Å²) >= 11 is 0. The van der Waals surface area contributed by atoms with Crippen LogP contribution in [0.5, 0.6) is 5.75 Å². The summed E-state index contributed by atoms with van der Waals surface area (Å²) in [7, 11) is 3.04. The maximum Gasteiger partial charge on any atom is 0.270 e. The highest BCUT2D eigenvalue weighted by Crippen LogP contribution is 2.38. The first-order valence-corrected chi connectivity index (χ1v) is 9.15. The number of halogens is 1. The molecule has 1 aliphatic rings. The minimum atomic E-state index is -0.454. The monoisotopic (exact) mass is 396 g/mol. The Balaban J connectivity index is 1.86. The minimum Gasteiger partial charge on any atom is -0.494 e. The van der Waals surface area contributed by atoms with Gasteiger partial charge in [0, 0.05) is 49.6 Å². The van der Waals surface area contributed by atoms with Crippen LogP contribution in [0.3, 0.4) is 0 Å². The first-order valence-electron chi connectivity index (χ1n) is 9.15. The number of benzene rings is 1. The molecule has 0 aliphatic carbocycles. The normalized spacial score (nSPS) is 15.6. The molecule has 4 rings (SSSR count). The molecule has 0 saturated carbocycles. The van der Waals surface area contributed by atoms with E-state index in [0.29, 0.717) is 30.2 Å². The molecule has 3 aromatic rings. The lowest BCUT2D eigenvalue weighted by molar-refractivity contribution is 0.0876. The first-order chi connectivity index (χ1) is 14.1. The number of methoxy groups -OCH3 is 2. The molecule has 1 amide bonds. The molecule has 150 valence electrons. The van der Waals surface area contributed by atoms with Crippen molar-refractivity contribution < 1.29 is 18.7 Å². The Kier molecular flexibility index (Phi) is 5.18. The van der Waals surface area contributed by atoms with Crippen LogP contribution >= 0.6 is 0 Å². The van der Waals surface area contributed by atoms with E-state index in [9.17, 15) is 9.18 Å². The lowest BCUT2D eigenvalue weighted by Gasteiger charge is -2.26. The summed E-state index contributed by atoms with van der Waals surface area (Å²) in [5, 5.41) is 6.20. The molecular formula is C21H21FN4O3. The van der Waals surface area contributed by atoms with Crippen LogP contribution in [-0.2, 0) is 4.74 Å². The van der Waals surface area contributed by atoms with E-state index in [-0.39, 0.29) is 17.7 Å². The lowest BCUT2D eigenvalue weighted by atomic mass is 10.1. The zero-order chi connectivity index (χ0) is 20.4. The fraction of sp³-hybridized carbons (Fsp3) is 0.238. The average molecular weight is 396 g/mol. The third kappa shape index (κ3) is 3.54. The van der Waals surface area contributed by atoms with Crippen molar-refractivity contribution in [2.75, 3.05) is 32.7 Å². The van der Waals surface area contributed by atoms with Crippen molar-refractivity contribution in [3.63, 3.8) is 0 Å². The van der Waals surface area contributed by atoms with Gasteiger partial charge in [-0.3, -0.25) is 9.78 Å². The zero-order valence-corrected chi connectivity index (χ0v) is 16.1. The van der Waals surface area contributed by atoms with E-state index < -0.39 is 5.82 Å². The van der Waals surface area contributed by atoms with Crippen LogP contribution in [0, 0.1) is 5.82 Å². The third-order valence-electron chi connectivity index (χ3n) is 4.91. The number of pyridine rings is 1. The van der Waals surface area contributed by atoms with E-state index in [1.54, 1.807) is 31.6 Å². The second-order valence-electron chi connectivity index (χ2n) is 6.70. The standard InChI is InChI=1S/C21H21FN4O3/c1-28-12-15-10-24-21(27)20-19(25-14-3-4-17(22)18(9-14)29-2)16(11-26(15)20)13-5-7-23-8-6-13/h3-9,11,15,25H,10,12H2,1-2H3,(H,24,27). The van der Waals surface area contributed by atoms with Gasteiger partial charge in [-0.25, -0.2) is 4.39 Å². The van der Waals surface area contributed by atoms with E-state index in [1.807, 2.05) is 22.9 Å². The number of hydrogen-bond donors (Lipinski definition) is 2. The second kappa shape index (κ2) is 7.92. The SMILES string of the molecule is COCC1CNC(=O)c2c(Nc3ccc(F)c(OC)c3)c(-c3ccncc3)cn21. The minimum absolute atomic E-state index is 0.0356. The lowest BCUT2D eigenvalue weighted by Crippen LogP contribution is -2.40. The number of amides is 1. The zero-order valence-electron chi connectivity index (χ0n) is 16.1. The summed E-state index contributed by atoms with van der Waals surface area (Å²) in [5.41, 5.74) is 3.47. The van der Waals surface area contributed by atoms with Gasteiger partial charge in [-0.15, -0.1) is 0 Å². The molecule has 7 nitrogen and oxygen atoms in total. The highest BCUT2D eigenvalue weighted by molar-refractivity contribution is 6.04. The van der Waals surface area contributed by atoms with Gasteiger partial charge < -0.3 is 24.7 Å². The molecule has 1 aliphatic heterocycles. The van der Waals surface area contributed by atoms with Crippen molar-refractivity contribution in [1.29, 1.82) is 0 Å². The molecule has 0 fully saturated rings. The highest BCUT2D eigenvalue weighted by Gasteiger charge is 2.31. The van der Waals surface area contributed by atoms with Crippen molar-refractivity contribution in [1.82, 2.24) is 14.9 Å². The third-order valence-corrected chi connectivity index (χ3v) is 4.91. The Bertz CT molecular complexity index is 1040. The fourth-order valence-corrected chi connectivity index (χ4v) is 3.53. The molecule has 1 atom stereocenters. The Labute approximate surface area is 167 Å². The molecule has 2 aromatic heterocycles. The maximum atomic E-state index is 13.8. The number of aromatic nitrogens is 2. The van der Waals surface area contributed by atoms with Gasteiger partial charge >= 0.3 is 0 Å². The van der Waals surface area contributed by atoms with Crippen LogP contribution in [0.4, 0.5) is 15.8 Å². The predicted molar refractivity (Wildman–Crippen MR) is 107 cm³/mol. The molecule has 1 aromatic carbocycles. The summed E-state index contributed by atoms with van der Waals surface area (Å²) in [6, 6.07) is 8.20. The van der Waals surface area contributed by atoms with Crippen LogP contribution in [-0.4, -0.2) is 42.8 Å². The Morgan fingerprint density at radius 1 is 1.28 bits per heavy atom. The second-order valence-corrected chi connectivity index (χ2v) is 6.70. The van der Waals surface area contributed by atoms with E-state index in [0.717, 1.165) is 11.1 Å². The van der Waals surface area contributed by atoms with Crippen LogP contribution in [0.25, 0.3) is 11.1 Å². The van der Waals surface area contributed by atoms with Crippen molar-refractivity contribution in [3.8, 4) is 16.9 Å². The van der Waals surface area contributed by atoms with Crippen LogP contribution in [0.1, 0.15) is 16.5 Å². The van der Waals surface area contributed by atoms with Gasteiger partial charge in [-0.05, 0) is 29.8 Å². The topological polar surface area (TPSA) is 77.4 Å². The van der Waals surface area contributed by atoms with Gasteiger partial charge in [0.25, 0.3) is 5.91 Å². The first kappa shape index (κ1) is 18.9. The van der Waals surface area contributed by atoms with E-state index in [1.165, 1.54) is 13.2 Å². The van der Waals surface area contributed by atoms with E-state index in [4.69, 9.17) is 9.47 Å². The Morgan fingerprint density at radius 2 is 2.07 bits per heavy atom. The van der Waals surface area contributed by atoms with Crippen LogP contribution in [0.15, 0.2) is 48.9 Å². The molecule has 8 heteroatoms. The number of nitrogens with one attached hydrogen (secondary N) is 2. The smallest absolute Gasteiger partial charge is 0.270 e. The van der Waals surface area contributed by atoms with E-state index >= 15 is 0 Å². The summed E-state index contributed by atoms with van der Waals surface area (Å²) < 4.78 is 26.2. The van der Waals surface area contributed by atoms with Gasteiger partial charge in [0.1, 0.15) is 5.69 Å². The quantitative estimate of drug-likeness (QED) is 0.668. The number of carbonyl (C=O) groups is 1. The van der Waals surface area contributed by atoms with Crippen molar-refractivity contribution in [2.45, 2.75) is 6.04 Å². The van der Waals surface area contributed by atoms with Crippen molar-refractivity contribution >= 4 is 17.3 Å². The summed E-state index contributed by atoms with van der Waals surface area (Å²) in [5.74, 6) is -0.520. The molecule has 0 spiro atoms. The van der Waals surface area contributed by atoms with Gasteiger partial charge in [0.15, 0.2) is 11.6 Å². The van der Waals surface area contributed by atoms with Crippen molar-refractivity contribution in [3.05, 3.63) is 60.4 Å². The van der Waals surface area contributed by atoms with Gasteiger partial charge in [0.2, 0.25) is 0 Å². The summed E-state index contributed by atoms with van der Waals surface area (Å²) in [6.07, 6.45) is 5.34. The summed E-state index contributed by atoms with van der Waals surface area (Å²) in [4.78, 5) is 16.8. The largest absolute Gasteiger partial charge is 0.494 e. The number of ether oxygens (including phenoxy) is 2. The molecule has 3 heterocycles. The molecular weight excluding hydrogens is 375 g/mol. The number of fused-ring (bicyclic) bond motifs is 1. The fourth-order valence-electron chi connectivity index (χ4n) is 3.53. The number of anilines is 2. The number of carbonyl (C=O) groups excluding carboxylic acids is 1. The molecule has 0 radical (unpaired) electrons. The molecule has 1 unspecified atom stereocenters. The number of nitrogens with zero attached hydrogens (tertiary/aromatic N) is 2. The number of rotatable bonds is 6. The number of hydrogen-bond acceptors (Lipinski definition) is 5. The Hall–Kier alpha value is -3.39. The summed E-state index contributed by atoms with van der Waals surface area (Å²) in [6.45, 7) is 0.940. The van der Waals surface area contributed by atoms with Gasteiger partial charge in [0.05, 0.1) is 25.4 Å². The molecule has 29 heavy (non-hydrogen) atoms. The van der Waals surface area contributed by atoms with Crippen LogP contribution < -0.4 is 15.4 Å². The highest BCUT2D eigenvalue weighted by atomic mass is 19.1. The van der Waals surface area contributed by atoms with Crippen LogP contribution in [0.2, 0.25) is 0 Å².